The summed E-state index contributed by atoms with van der Waals surface area (Å²) in [5, 5.41) is 14.4. The van der Waals surface area contributed by atoms with E-state index in [0.717, 1.165) is 17.9 Å². The van der Waals surface area contributed by atoms with Gasteiger partial charge in [-0.25, -0.2) is 9.59 Å². The standard InChI is InChI=1S/C14H18N2O3S/c17-13(18)12-3-1-10(2-4-12)7-15-14(19)16-8-11-5-6-20-9-11/h1-4,11H,5-9H2,(H,17,18)(H2,15,16,19). The van der Waals surface area contributed by atoms with Gasteiger partial charge in [-0.1, -0.05) is 12.1 Å². The van der Waals surface area contributed by atoms with Gasteiger partial charge in [-0.15, -0.1) is 0 Å². The van der Waals surface area contributed by atoms with Gasteiger partial charge in [-0.3, -0.25) is 0 Å². The number of aromatic carboxylic acids is 1. The van der Waals surface area contributed by atoms with Crippen molar-refractivity contribution in [1.82, 2.24) is 10.6 Å². The molecule has 0 saturated carbocycles. The van der Waals surface area contributed by atoms with Crippen molar-refractivity contribution in [2.45, 2.75) is 13.0 Å². The number of carboxylic acid groups (broad SMARTS) is 1. The van der Waals surface area contributed by atoms with Crippen molar-refractivity contribution >= 4 is 23.8 Å². The predicted octanol–water partition coefficient (Wildman–Crippen LogP) is 1.94. The van der Waals surface area contributed by atoms with Crippen LogP contribution in [-0.4, -0.2) is 35.2 Å². The molecule has 0 bridgehead atoms. The van der Waals surface area contributed by atoms with Gasteiger partial charge in [0.05, 0.1) is 5.56 Å². The van der Waals surface area contributed by atoms with E-state index in [4.69, 9.17) is 5.11 Å². The average Bonchev–Trinajstić information content (AvgIpc) is 2.96. The number of carbonyl (C=O) groups is 2. The zero-order valence-electron chi connectivity index (χ0n) is 11.1. The number of hydrogen-bond acceptors (Lipinski definition) is 3. The Bertz CT molecular complexity index is 470. The number of hydrogen-bond donors (Lipinski definition) is 3. The second-order valence-corrected chi connectivity index (χ2v) is 5.95. The number of nitrogens with one attached hydrogen (secondary N) is 2. The highest BCUT2D eigenvalue weighted by Gasteiger charge is 2.15. The summed E-state index contributed by atoms with van der Waals surface area (Å²) in [6.45, 7) is 1.11. The lowest BCUT2D eigenvalue weighted by Crippen LogP contribution is -2.37. The molecule has 1 unspecified atom stereocenters. The molecule has 1 fully saturated rings. The largest absolute Gasteiger partial charge is 0.478 e. The molecule has 1 aliphatic rings. The Labute approximate surface area is 122 Å². The van der Waals surface area contributed by atoms with Crippen molar-refractivity contribution in [2.75, 3.05) is 18.1 Å². The van der Waals surface area contributed by atoms with Crippen LogP contribution in [0.25, 0.3) is 0 Å². The molecule has 1 heterocycles. The van der Waals surface area contributed by atoms with E-state index >= 15 is 0 Å². The van der Waals surface area contributed by atoms with Crippen LogP contribution in [0.4, 0.5) is 4.79 Å². The Hall–Kier alpha value is -1.69. The molecule has 2 rings (SSSR count). The van der Waals surface area contributed by atoms with Crippen molar-refractivity contribution in [2.24, 2.45) is 5.92 Å². The van der Waals surface area contributed by atoms with Crippen molar-refractivity contribution in [3.63, 3.8) is 0 Å². The van der Waals surface area contributed by atoms with Crippen molar-refractivity contribution in [1.29, 1.82) is 0 Å². The Balaban J connectivity index is 1.70. The first kappa shape index (κ1) is 14.7. The van der Waals surface area contributed by atoms with E-state index in [0.29, 0.717) is 12.5 Å². The van der Waals surface area contributed by atoms with Crippen LogP contribution in [0.3, 0.4) is 0 Å². The predicted molar refractivity (Wildman–Crippen MR) is 79.1 cm³/mol. The van der Waals surface area contributed by atoms with E-state index in [9.17, 15) is 9.59 Å². The molecule has 0 aliphatic carbocycles. The van der Waals surface area contributed by atoms with E-state index in [1.54, 1.807) is 12.1 Å². The third kappa shape index (κ3) is 4.45. The van der Waals surface area contributed by atoms with Crippen molar-refractivity contribution in [3.05, 3.63) is 35.4 Å². The Morgan fingerprint density at radius 3 is 2.60 bits per heavy atom. The molecule has 1 aromatic carbocycles. The summed E-state index contributed by atoms with van der Waals surface area (Å²) in [5.41, 5.74) is 1.12. The first-order valence-electron chi connectivity index (χ1n) is 6.57. The molecule has 0 spiro atoms. The van der Waals surface area contributed by atoms with Gasteiger partial charge in [0, 0.05) is 13.1 Å². The lowest BCUT2D eigenvalue weighted by atomic mass is 10.1. The Morgan fingerprint density at radius 1 is 1.25 bits per heavy atom. The molecule has 1 aliphatic heterocycles. The highest BCUT2D eigenvalue weighted by Crippen LogP contribution is 2.22. The van der Waals surface area contributed by atoms with Crippen LogP contribution in [-0.2, 0) is 6.54 Å². The first-order valence-corrected chi connectivity index (χ1v) is 7.72. The summed E-state index contributed by atoms with van der Waals surface area (Å²) < 4.78 is 0. The fourth-order valence-electron chi connectivity index (χ4n) is 1.99. The van der Waals surface area contributed by atoms with E-state index in [1.807, 2.05) is 11.8 Å². The minimum atomic E-state index is -0.948. The molecule has 20 heavy (non-hydrogen) atoms. The lowest BCUT2D eigenvalue weighted by molar-refractivity contribution is 0.0697. The number of carboxylic acids is 1. The molecule has 0 radical (unpaired) electrons. The van der Waals surface area contributed by atoms with E-state index in [-0.39, 0.29) is 11.6 Å². The fraction of sp³-hybridized carbons (Fsp3) is 0.429. The molecule has 3 N–H and O–H groups in total. The maximum absolute atomic E-state index is 11.6. The molecule has 1 aromatic rings. The molecule has 1 saturated heterocycles. The van der Waals surface area contributed by atoms with Gasteiger partial charge >= 0.3 is 12.0 Å². The molecule has 5 nitrogen and oxygen atoms in total. The minimum absolute atomic E-state index is 0.177. The molecule has 108 valence electrons. The topological polar surface area (TPSA) is 78.4 Å². The van der Waals surface area contributed by atoms with Crippen LogP contribution in [0.5, 0.6) is 0 Å². The van der Waals surface area contributed by atoms with Gasteiger partial charge in [0.25, 0.3) is 0 Å². The van der Waals surface area contributed by atoms with Crippen molar-refractivity contribution < 1.29 is 14.7 Å². The van der Waals surface area contributed by atoms with E-state index in [1.165, 1.54) is 24.3 Å². The summed E-state index contributed by atoms with van der Waals surface area (Å²) in [7, 11) is 0. The third-order valence-electron chi connectivity index (χ3n) is 3.23. The quantitative estimate of drug-likeness (QED) is 0.775. The number of rotatable bonds is 5. The number of carbonyl (C=O) groups excluding carboxylic acids is 1. The van der Waals surface area contributed by atoms with Gasteiger partial charge in [-0.2, -0.15) is 11.8 Å². The van der Waals surface area contributed by atoms with Gasteiger partial charge in [-0.05, 0) is 41.5 Å². The van der Waals surface area contributed by atoms with Gasteiger partial charge in [0.2, 0.25) is 0 Å². The van der Waals surface area contributed by atoms with Crippen molar-refractivity contribution in [3.8, 4) is 0 Å². The van der Waals surface area contributed by atoms with Gasteiger partial charge in [0.15, 0.2) is 0 Å². The molecule has 2 amide bonds. The third-order valence-corrected chi connectivity index (χ3v) is 4.46. The summed E-state index contributed by atoms with van der Waals surface area (Å²) in [6, 6.07) is 6.30. The molecule has 0 aromatic heterocycles. The van der Waals surface area contributed by atoms with Gasteiger partial charge < -0.3 is 15.7 Å². The summed E-state index contributed by atoms with van der Waals surface area (Å²) in [4.78, 5) is 22.3. The highest BCUT2D eigenvalue weighted by atomic mass is 32.2. The molecule has 6 heteroatoms. The first-order chi connectivity index (χ1) is 9.65. The zero-order valence-corrected chi connectivity index (χ0v) is 11.9. The normalized spacial score (nSPS) is 17.7. The average molecular weight is 294 g/mol. The number of amides is 2. The van der Waals surface area contributed by atoms with Crippen LogP contribution in [0.15, 0.2) is 24.3 Å². The summed E-state index contributed by atoms with van der Waals surface area (Å²) >= 11 is 1.93. The van der Waals surface area contributed by atoms with E-state index < -0.39 is 5.97 Å². The number of benzene rings is 1. The Morgan fingerprint density at radius 2 is 2.00 bits per heavy atom. The maximum atomic E-state index is 11.6. The molecule has 1 atom stereocenters. The minimum Gasteiger partial charge on any atom is -0.478 e. The summed E-state index contributed by atoms with van der Waals surface area (Å²) in [6.07, 6.45) is 1.17. The fourth-order valence-corrected chi connectivity index (χ4v) is 3.28. The number of urea groups is 1. The zero-order chi connectivity index (χ0) is 14.4. The van der Waals surface area contributed by atoms with Crippen LogP contribution in [0.1, 0.15) is 22.3 Å². The maximum Gasteiger partial charge on any atom is 0.335 e. The summed E-state index contributed by atoms with van der Waals surface area (Å²) in [5.74, 6) is 1.94. The monoisotopic (exact) mass is 294 g/mol. The van der Waals surface area contributed by atoms with Crippen LogP contribution in [0, 0.1) is 5.92 Å². The SMILES string of the molecule is O=C(NCc1ccc(C(=O)O)cc1)NCC1CCSC1. The van der Waals surface area contributed by atoms with E-state index in [2.05, 4.69) is 10.6 Å². The smallest absolute Gasteiger partial charge is 0.335 e. The lowest BCUT2D eigenvalue weighted by Gasteiger charge is -2.11. The molecular formula is C14H18N2O3S. The second-order valence-electron chi connectivity index (χ2n) is 4.80. The second kappa shape index (κ2) is 7.19. The number of thioether (sulfide) groups is 1. The Kier molecular flexibility index (Phi) is 5.29. The van der Waals surface area contributed by atoms with Gasteiger partial charge in [0.1, 0.15) is 0 Å². The molecular weight excluding hydrogens is 276 g/mol. The van der Waals surface area contributed by atoms with Crippen LogP contribution < -0.4 is 10.6 Å². The van der Waals surface area contributed by atoms with Crippen LogP contribution >= 0.6 is 11.8 Å². The van der Waals surface area contributed by atoms with Crippen LogP contribution in [0.2, 0.25) is 0 Å². The highest BCUT2D eigenvalue weighted by molar-refractivity contribution is 7.99.